The lowest BCUT2D eigenvalue weighted by molar-refractivity contribution is -0.345. The molecule has 0 aromatic heterocycles. The summed E-state index contributed by atoms with van der Waals surface area (Å²) in [6.07, 6.45) is 1.86. The zero-order valence-corrected chi connectivity index (χ0v) is 23.3. The molecule has 3 aromatic rings. The summed E-state index contributed by atoms with van der Waals surface area (Å²) in [6, 6.07) is 24.9. The first-order valence-corrected chi connectivity index (χ1v) is 14.9. The van der Waals surface area contributed by atoms with Gasteiger partial charge in [0.05, 0.1) is 18.1 Å². The van der Waals surface area contributed by atoms with E-state index >= 15 is 0 Å². The molecule has 3 aromatic carbocycles. The maximum atomic E-state index is 13.8. The quantitative estimate of drug-likeness (QED) is 0.467. The lowest BCUT2D eigenvalue weighted by Gasteiger charge is -2.71. The first kappa shape index (κ1) is 25.3. The van der Waals surface area contributed by atoms with Crippen molar-refractivity contribution in [1.29, 1.82) is 0 Å². The molecule has 1 saturated carbocycles. The molecule has 4 bridgehead atoms. The summed E-state index contributed by atoms with van der Waals surface area (Å²) in [7, 11) is 1.66. The van der Waals surface area contributed by atoms with Gasteiger partial charge < -0.3 is 24.6 Å². The Hall–Kier alpha value is -3.39. The number of piperidine rings is 1. The van der Waals surface area contributed by atoms with E-state index in [2.05, 4.69) is 52.7 Å². The van der Waals surface area contributed by atoms with E-state index in [-0.39, 0.29) is 11.9 Å². The summed E-state index contributed by atoms with van der Waals surface area (Å²) in [5.74, 6) is 1.14. The summed E-state index contributed by atoms with van der Waals surface area (Å²) in [5.41, 5.74) is 2.17. The predicted octanol–water partition coefficient (Wildman–Crippen LogP) is 3.55. The van der Waals surface area contributed by atoms with Crippen molar-refractivity contribution in [3.05, 3.63) is 95.1 Å². The van der Waals surface area contributed by atoms with Gasteiger partial charge in [0.15, 0.2) is 17.6 Å². The van der Waals surface area contributed by atoms with Crippen molar-refractivity contribution in [2.24, 2.45) is 0 Å². The third kappa shape index (κ3) is 3.34. The van der Waals surface area contributed by atoms with Crippen LogP contribution in [0.4, 0.5) is 0 Å². The molecule has 0 radical (unpaired) electrons. The van der Waals surface area contributed by atoms with Gasteiger partial charge in [-0.3, -0.25) is 9.69 Å². The maximum absolute atomic E-state index is 13.8. The Bertz CT molecular complexity index is 1500. The standard InChI is InChI=1S/C34H36N2O5/c1-39-25-13-12-24-20-26-34-16-15-33(38,29(41-34)30(37)35-18-14-22-8-4-2-5-9-22)31-32(34,27(24)28(25)40-31)17-19-36(26)21-23-10-6-3-7-11-23/h2-13,26,29,31,38H,14-21H2,1H3,(H,35,37)/t26?,29-,31?,32?,33?,34?/m1/s1. The number of benzene rings is 3. The highest BCUT2D eigenvalue weighted by Gasteiger charge is 2.82. The number of aliphatic hydroxyl groups is 1. The molecule has 2 spiro atoms. The number of amides is 1. The number of hydrogen-bond donors (Lipinski definition) is 2. The average Bonchev–Trinajstić information content (AvgIpc) is 3.37. The van der Waals surface area contributed by atoms with E-state index in [0.717, 1.165) is 42.8 Å². The van der Waals surface area contributed by atoms with Gasteiger partial charge >= 0.3 is 0 Å². The fourth-order valence-corrected chi connectivity index (χ4v) is 8.98. The molecule has 212 valence electrons. The molecule has 7 nitrogen and oxygen atoms in total. The van der Waals surface area contributed by atoms with Crippen LogP contribution in [-0.2, 0) is 34.3 Å². The van der Waals surface area contributed by atoms with Gasteiger partial charge in [-0.25, -0.2) is 0 Å². The third-order valence-corrected chi connectivity index (χ3v) is 10.7. The minimum Gasteiger partial charge on any atom is -0.493 e. The van der Waals surface area contributed by atoms with Crippen LogP contribution in [0.15, 0.2) is 72.8 Å². The van der Waals surface area contributed by atoms with Gasteiger partial charge in [0.2, 0.25) is 0 Å². The highest BCUT2D eigenvalue weighted by Crippen LogP contribution is 2.71. The third-order valence-electron chi connectivity index (χ3n) is 10.7. The summed E-state index contributed by atoms with van der Waals surface area (Å²) >= 11 is 0. The second kappa shape index (κ2) is 9.05. The van der Waals surface area contributed by atoms with Crippen molar-refractivity contribution >= 4 is 5.91 Å². The number of nitrogens with zero attached hydrogens (tertiary/aromatic N) is 1. The van der Waals surface area contributed by atoms with Crippen LogP contribution >= 0.6 is 0 Å². The normalized spacial score (nSPS) is 34.0. The summed E-state index contributed by atoms with van der Waals surface area (Å²) < 4.78 is 19.6. The molecule has 4 heterocycles. The van der Waals surface area contributed by atoms with Gasteiger partial charge in [-0.1, -0.05) is 66.7 Å². The molecule has 2 N–H and O–H groups in total. The highest BCUT2D eigenvalue weighted by atomic mass is 16.6. The first-order valence-electron chi connectivity index (χ1n) is 14.9. The van der Waals surface area contributed by atoms with E-state index in [1.807, 2.05) is 30.3 Å². The number of rotatable bonds is 7. The highest BCUT2D eigenvalue weighted by molar-refractivity contribution is 5.83. The fraction of sp³-hybridized carbons (Fsp3) is 0.441. The molecule has 2 aliphatic carbocycles. The monoisotopic (exact) mass is 552 g/mol. The van der Waals surface area contributed by atoms with Crippen LogP contribution in [0, 0.1) is 0 Å². The molecular weight excluding hydrogens is 516 g/mol. The van der Waals surface area contributed by atoms with Gasteiger partial charge in [-0.15, -0.1) is 0 Å². The lowest BCUT2D eigenvalue weighted by Crippen LogP contribution is -2.87. The van der Waals surface area contributed by atoms with Crippen LogP contribution in [0.2, 0.25) is 0 Å². The Labute approximate surface area is 240 Å². The Morgan fingerprint density at radius 1 is 1.02 bits per heavy atom. The SMILES string of the molecule is COc1ccc2c3c1OC1C4(O)CCC5(O[C@@H]4C(=O)NCCc4ccccc4)C(C2)N(Cc2ccccc2)CCC315. The fourth-order valence-electron chi connectivity index (χ4n) is 8.98. The van der Waals surface area contributed by atoms with E-state index in [0.29, 0.717) is 31.6 Å². The van der Waals surface area contributed by atoms with E-state index < -0.39 is 28.8 Å². The smallest absolute Gasteiger partial charge is 0.252 e. The number of likely N-dealkylation sites (tertiary alicyclic amines) is 1. The van der Waals surface area contributed by atoms with Gasteiger partial charge in [-0.05, 0) is 54.9 Å². The molecule has 3 saturated heterocycles. The minimum atomic E-state index is -1.44. The molecular formula is C34H36N2O5. The number of nitrogens with one attached hydrogen (secondary N) is 1. The van der Waals surface area contributed by atoms with Crippen LogP contribution in [0.25, 0.3) is 0 Å². The number of carbonyl (C=O) groups is 1. The van der Waals surface area contributed by atoms with Gasteiger partial charge in [0.25, 0.3) is 5.91 Å². The molecule has 9 rings (SSSR count). The number of hydrogen-bond acceptors (Lipinski definition) is 6. The predicted molar refractivity (Wildman–Crippen MR) is 153 cm³/mol. The van der Waals surface area contributed by atoms with E-state index in [1.54, 1.807) is 7.11 Å². The maximum Gasteiger partial charge on any atom is 0.252 e. The molecule has 6 atom stereocenters. The molecule has 41 heavy (non-hydrogen) atoms. The molecule has 1 amide bonds. The number of ether oxygens (including phenoxy) is 3. The topological polar surface area (TPSA) is 80.3 Å². The van der Waals surface area contributed by atoms with Crippen molar-refractivity contribution < 1.29 is 24.1 Å². The van der Waals surface area contributed by atoms with Crippen LogP contribution < -0.4 is 14.8 Å². The van der Waals surface area contributed by atoms with Gasteiger partial charge in [0.1, 0.15) is 11.7 Å². The van der Waals surface area contributed by atoms with Crippen molar-refractivity contribution in [1.82, 2.24) is 10.2 Å². The van der Waals surface area contributed by atoms with Crippen molar-refractivity contribution in [2.75, 3.05) is 20.2 Å². The molecule has 6 aliphatic rings. The molecule has 7 heteroatoms. The van der Waals surface area contributed by atoms with Crippen LogP contribution in [-0.4, -0.2) is 65.6 Å². The van der Waals surface area contributed by atoms with Gasteiger partial charge in [-0.2, -0.15) is 0 Å². The Morgan fingerprint density at radius 3 is 2.54 bits per heavy atom. The molecule has 4 aliphatic heterocycles. The van der Waals surface area contributed by atoms with E-state index in [4.69, 9.17) is 14.2 Å². The Morgan fingerprint density at radius 2 is 1.78 bits per heavy atom. The Kier molecular flexibility index (Phi) is 5.59. The number of fused-ring (bicyclic) bond motifs is 2. The van der Waals surface area contributed by atoms with Gasteiger partial charge in [0, 0.05) is 31.2 Å². The van der Waals surface area contributed by atoms with Crippen molar-refractivity contribution in [2.45, 2.75) is 73.5 Å². The summed E-state index contributed by atoms with van der Waals surface area (Å²) in [4.78, 5) is 16.4. The average molecular weight is 553 g/mol. The van der Waals surface area contributed by atoms with Crippen LogP contribution in [0.3, 0.4) is 0 Å². The lowest BCUT2D eigenvalue weighted by atomic mass is 9.44. The second-order valence-corrected chi connectivity index (χ2v) is 12.4. The number of carbonyl (C=O) groups excluding carboxylic acids is 1. The van der Waals surface area contributed by atoms with E-state index in [1.165, 1.54) is 11.1 Å². The first-order chi connectivity index (χ1) is 20.0. The van der Waals surface area contributed by atoms with Crippen molar-refractivity contribution in [3.8, 4) is 11.5 Å². The van der Waals surface area contributed by atoms with Crippen molar-refractivity contribution in [3.63, 3.8) is 0 Å². The zero-order valence-electron chi connectivity index (χ0n) is 23.3. The molecule has 5 unspecified atom stereocenters. The van der Waals surface area contributed by atoms with Crippen LogP contribution in [0.1, 0.15) is 41.5 Å². The van der Waals surface area contributed by atoms with Crippen LogP contribution in [0.5, 0.6) is 11.5 Å². The largest absolute Gasteiger partial charge is 0.493 e. The summed E-state index contributed by atoms with van der Waals surface area (Å²) in [5, 5.41) is 15.5. The number of methoxy groups -OCH3 is 1. The zero-order chi connectivity index (χ0) is 27.8. The van der Waals surface area contributed by atoms with E-state index in [9.17, 15) is 9.90 Å². The second-order valence-electron chi connectivity index (χ2n) is 12.4. The summed E-state index contributed by atoms with van der Waals surface area (Å²) in [6.45, 7) is 2.16. The minimum absolute atomic E-state index is 0.0545. The molecule has 4 fully saturated rings. The Balaban J connectivity index is 1.19.